The molecule has 2 aromatic carbocycles. The first-order valence-electron chi connectivity index (χ1n) is 12.7. The van der Waals surface area contributed by atoms with Crippen molar-refractivity contribution in [2.75, 3.05) is 19.7 Å². The van der Waals surface area contributed by atoms with E-state index in [1.807, 2.05) is 29.2 Å². The molecule has 35 heavy (non-hydrogen) atoms. The number of nitrogens with zero attached hydrogens (tertiary/aromatic N) is 1. The van der Waals surface area contributed by atoms with E-state index in [1.54, 1.807) is 0 Å². The molecule has 0 bridgehead atoms. The van der Waals surface area contributed by atoms with Gasteiger partial charge in [-0.25, -0.2) is 4.79 Å². The quantitative estimate of drug-likeness (QED) is 0.686. The van der Waals surface area contributed by atoms with E-state index >= 15 is 0 Å². The molecule has 0 spiro atoms. The molecule has 1 heterocycles. The van der Waals surface area contributed by atoms with E-state index in [4.69, 9.17) is 4.74 Å². The lowest BCUT2D eigenvalue weighted by Crippen LogP contribution is -2.47. The monoisotopic (exact) mass is 474 g/mol. The number of benzene rings is 2. The number of ether oxygens (including phenoxy) is 1. The van der Waals surface area contributed by atoms with Crippen molar-refractivity contribution >= 4 is 18.0 Å². The molecule has 1 saturated heterocycles. The second kappa shape index (κ2) is 8.70. The fourth-order valence-electron chi connectivity index (χ4n) is 6.76. The first-order chi connectivity index (χ1) is 17.0. The van der Waals surface area contributed by atoms with Gasteiger partial charge in [-0.15, -0.1) is 0 Å². The Hall–Kier alpha value is -3.35. The van der Waals surface area contributed by atoms with E-state index < -0.39 is 12.1 Å². The highest BCUT2D eigenvalue weighted by Gasteiger charge is 2.57. The number of carbonyl (C=O) groups is 3. The van der Waals surface area contributed by atoms with Crippen LogP contribution in [0.3, 0.4) is 0 Å². The molecule has 1 aliphatic heterocycles. The largest absolute Gasteiger partial charge is 0.481 e. The van der Waals surface area contributed by atoms with E-state index in [-0.39, 0.29) is 48.1 Å². The van der Waals surface area contributed by atoms with Crippen LogP contribution in [0, 0.1) is 23.7 Å². The van der Waals surface area contributed by atoms with Crippen LogP contribution in [0.25, 0.3) is 11.1 Å². The minimum atomic E-state index is -0.745. The van der Waals surface area contributed by atoms with E-state index in [0.717, 1.165) is 25.7 Å². The Morgan fingerprint density at radius 3 is 2.31 bits per heavy atom. The summed E-state index contributed by atoms with van der Waals surface area (Å²) in [6.07, 6.45) is 2.63. The predicted octanol–water partition coefficient (Wildman–Crippen LogP) is 3.87. The summed E-state index contributed by atoms with van der Waals surface area (Å²) in [6, 6.07) is 16.2. The molecule has 4 aliphatic rings. The van der Waals surface area contributed by atoms with Gasteiger partial charge in [0.25, 0.3) is 0 Å². The highest BCUT2D eigenvalue weighted by atomic mass is 16.5. The van der Waals surface area contributed by atoms with E-state index in [9.17, 15) is 19.5 Å². The van der Waals surface area contributed by atoms with Crippen molar-refractivity contribution in [3.05, 3.63) is 59.7 Å². The number of hydrogen-bond acceptors (Lipinski definition) is 4. The first kappa shape index (κ1) is 22.1. The van der Waals surface area contributed by atoms with Gasteiger partial charge in [-0.1, -0.05) is 55.0 Å². The number of fused-ring (bicyclic) bond motifs is 4. The van der Waals surface area contributed by atoms with Crippen LogP contribution in [0.2, 0.25) is 0 Å². The first-order valence-corrected chi connectivity index (χ1v) is 12.7. The Bertz CT molecular complexity index is 1130. The Kier molecular flexibility index (Phi) is 5.50. The number of carboxylic acid groups (broad SMARTS) is 1. The third kappa shape index (κ3) is 3.87. The van der Waals surface area contributed by atoms with Gasteiger partial charge >= 0.3 is 12.1 Å². The summed E-state index contributed by atoms with van der Waals surface area (Å²) < 4.78 is 5.70. The Balaban J connectivity index is 1.07. The zero-order chi connectivity index (χ0) is 24.1. The van der Waals surface area contributed by atoms with Gasteiger partial charge in [0.15, 0.2) is 0 Å². The maximum Gasteiger partial charge on any atom is 0.407 e. The fraction of sp³-hybridized carbons (Fsp3) is 0.464. The van der Waals surface area contributed by atoms with Crippen LogP contribution in [-0.2, 0) is 14.3 Å². The number of carboxylic acids is 1. The number of aliphatic carboxylic acids is 1. The number of carbonyl (C=O) groups excluding carboxylic acids is 2. The minimum absolute atomic E-state index is 0.00354. The third-order valence-corrected chi connectivity index (χ3v) is 8.57. The lowest BCUT2D eigenvalue weighted by Gasteiger charge is -2.31. The summed E-state index contributed by atoms with van der Waals surface area (Å²) in [5.41, 5.74) is 4.70. The molecule has 0 radical (unpaired) electrons. The van der Waals surface area contributed by atoms with Crippen LogP contribution in [-0.4, -0.2) is 53.7 Å². The molecule has 1 unspecified atom stereocenters. The summed E-state index contributed by atoms with van der Waals surface area (Å²) in [5.74, 6) is -0.975. The number of alkyl carbamates (subject to hydrolysis) is 1. The zero-order valence-electron chi connectivity index (χ0n) is 19.6. The normalized spacial score (nSPS) is 28.6. The van der Waals surface area contributed by atoms with Gasteiger partial charge in [-0.3, -0.25) is 9.59 Å². The van der Waals surface area contributed by atoms with Crippen molar-refractivity contribution in [1.82, 2.24) is 10.2 Å². The van der Waals surface area contributed by atoms with Gasteiger partial charge in [-0.2, -0.15) is 0 Å². The molecule has 7 heteroatoms. The van der Waals surface area contributed by atoms with Crippen LogP contribution in [0.1, 0.15) is 42.7 Å². The molecule has 6 rings (SSSR count). The van der Waals surface area contributed by atoms with Gasteiger partial charge in [0.2, 0.25) is 5.91 Å². The molecule has 2 N–H and O–H groups in total. The SMILES string of the molecule is O=C(N[C@@H]1CCC[C@@H]1C(=O)N1CC[C@H]2C(C(=O)O)[C@H]2C1)OCC1c2ccccc2-c2ccccc21. The smallest absolute Gasteiger partial charge is 0.407 e. The molecule has 2 amide bonds. The van der Waals surface area contributed by atoms with Crippen LogP contribution in [0.15, 0.2) is 48.5 Å². The van der Waals surface area contributed by atoms with Gasteiger partial charge < -0.3 is 20.1 Å². The molecule has 5 atom stereocenters. The Morgan fingerprint density at radius 1 is 0.943 bits per heavy atom. The van der Waals surface area contributed by atoms with E-state index in [2.05, 4.69) is 29.6 Å². The van der Waals surface area contributed by atoms with Gasteiger partial charge in [0.05, 0.1) is 11.8 Å². The predicted molar refractivity (Wildman–Crippen MR) is 129 cm³/mol. The molecule has 7 nitrogen and oxygen atoms in total. The summed E-state index contributed by atoms with van der Waals surface area (Å²) >= 11 is 0. The molecular formula is C28H30N2O5. The zero-order valence-corrected chi connectivity index (χ0v) is 19.6. The minimum Gasteiger partial charge on any atom is -0.481 e. The average Bonchev–Trinajstić information content (AvgIpc) is 3.27. The highest BCUT2D eigenvalue weighted by Crippen LogP contribution is 2.52. The second-order valence-electron chi connectivity index (χ2n) is 10.4. The topological polar surface area (TPSA) is 95.9 Å². The number of nitrogens with one attached hydrogen (secondary N) is 1. The average molecular weight is 475 g/mol. The fourth-order valence-corrected chi connectivity index (χ4v) is 6.76. The molecule has 3 aliphatic carbocycles. The number of rotatable bonds is 5. The van der Waals surface area contributed by atoms with Crippen molar-refractivity contribution in [2.45, 2.75) is 37.6 Å². The molecule has 2 aromatic rings. The van der Waals surface area contributed by atoms with Crippen molar-refractivity contribution < 1.29 is 24.2 Å². The molecule has 3 fully saturated rings. The standard InChI is InChI=1S/C28H30N2O5/c31-26(30-13-12-20-22(14-30)25(20)27(32)33)21-10-5-11-24(21)29-28(34)35-15-23-18-8-3-1-6-16(18)17-7-2-4-9-19(17)23/h1-4,6-9,20-25H,5,10-15H2,(H,29,34)(H,32,33)/t20-,21+,22+,24-,25?/m1/s1. The van der Waals surface area contributed by atoms with Crippen LogP contribution < -0.4 is 5.32 Å². The summed E-state index contributed by atoms with van der Waals surface area (Å²) in [4.78, 5) is 39.2. The van der Waals surface area contributed by atoms with E-state index in [0.29, 0.717) is 13.1 Å². The van der Waals surface area contributed by atoms with Gasteiger partial charge in [0, 0.05) is 25.0 Å². The number of amides is 2. The molecule has 182 valence electrons. The number of hydrogen-bond donors (Lipinski definition) is 2. The van der Waals surface area contributed by atoms with Crippen molar-refractivity contribution in [3.8, 4) is 11.1 Å². The van der Waals surface area contributed by atoms with E-state index in [1.165, 1.54) is 22.3 Å². The molecular weight excluding hydrogens is 444 g/mol. The van der Waals surface area contributed by atoms with Crippen LogP contribution in [0.4, 0.5) is 4.79 Å². The summed E-state index contributed by atoms with van der Waals surface area (Å²) in [6.45, 7) is 1.38. The Morgan fingerprint density at radius 2 is 1.63 bits per heavy atom. The maximum absolute atomic E-state index is 13.3. The number of likely N-dealkylation sites (tertiary alicyclic amines) is 1. The van der Waals surface area contributed by atoms with Gasteiger partial charge in [-0.05, 0) is 53.4 Å². The van der Waals surface area contributed by atoms with Crippen LogP contribution >= 0.6 is 0 Å². The van der Waals surface area contributed by atoms with Crippen LogP contribution in [0.5, 0.6) is 0 Å². The molecule has 2 saturated carbocycles. The Labute approximate surface area is 204 Å². The van der Waals surface area contributed by atoms with Crippen molar-refractivity contribution in [1.29, 1.82) is 0 Å². The second-order valence-corrected chi connectivity index (χ2v) is 10.4. The highest BCUT2D eigenvalue weighted by molar-refractivity contribution is 5.82. The van der Waals surface area contributed by atoms with Crippen molar-refractivity contribution in [3.63, 3.8) is 0 Å². The lowest BCUT2D eigenvalue weighted by molar-refractivity contribution is -0.140. The number of piperidine rings is 1. The summed E-state index contributed by atoms with van der Waals surface area (Å²) in [7, 11) is 0. The lowest BCUT2D eigenvalue weighted by atomic mass is 9.98. The van der Waals surface area contributed by atoms with Crippen molar-refractivity contribution in [2.24, 2.45) is 23.7 Å². The van der Waals surface area contributed by atoms with Gasteiger partial charge in [0.1, 0.15) is 6.61 Å². The maximum atomic E-state index is 13.3. The molecule has 0 aromatic heterocycles. The third-order valence-electron chi connectivity index (χ3n) is 8.57. The summed E-state index contributed by atoms with van der Waals surface area (Å²) in [5, 5.41) is 12.3.